The van der Waals surface area contributed by atoms with E-state index in [1.165, 1.54) is 48.4 Å². The number of pyridine rings is 1. The molecule has 1 unspecified atom stereocenters. The Kier molecular flexibility index (Phi) is 6.51. The zero-order valence-electron chi connectivity index (χ0n) is 18.1. The minimum Gasteiger partial charge on any atom is -0.382 e. The molecule has 4 rings (SSSR count). The Morgan fingerprint density at radius 2 is 1.94 bits per heavy atom. The molecular formula is C22H18FN7O4S. The van der Waals surface area contributed by atoms with Crippen LogP contribution in [-0.4, -0.2) is 38.8 Å². The summed E-state index contributed by atoms with van der Waals surface area (Å²) in [5, 5.41) is 6.40. The second-order valence-corrected chi connectivity index (χ2v) is 8.21. The molecule has 0 aliphatic rings. The third kappa shape index (κ3) is 4.99. The molecule has 0 saturated heterocycles. The fraction of sp³-hybridized carbons (Fsp3) is 0.0909. The lowest BCUT2D eigenvalue weighted by Crippen LogP contribution is -2.39. The maximum atomic E-state index is 13.4. The fourth-order valence-electron chi connectivity index (χ4n) is 3.05. The van der Waals surface area contributed by atoms with E-state index in [1.807, 2.05) is 0 Å². The number of benzene rings is 1. The SMILES string of the molecule is CC(C(N)=O)N(c1ccc(F)cc1)c1nc(N)c(C(=O)c2cc(C(=O)Nc3cccnc3)no2)s1. The molecule has 2 amide bonds. The number of amides is 2. The van der Waals surface area contributed by atoms with Gasteiger partial charge in [-0.25, -0.2) is 9.37 Å². The number of nitrogens with one attached hydrogen (secondary N) is 1. The second kappa shape index (κ2) is 9.69. The molecule has 0 aliphatic heterocycles. The van der Waals surface area contributed by atoms with Gasteiger partial charge in [0.25, 0.3) is 5.91 Å². The average molecular weight is 495 g/mol. The number of ketones is 1. The van der Waals surface area contributed by atoms with Gasteiger partial charge in [-0.05, 0) is 43.3 Å². The number of nitrogens with two attached hydrogens (primary N) is 2. The van der Waals surface area contributed by atoms with Crippen molar-refractivity contribution in [3.63, 3.8) is 0 Å². The van der Waals surface area contributed by atoms with Gasteiger partial charge >= 0.3 is 0 Å². The Hall–Kier alpha value is -4.65. The lowest BCUT2D eigenvalue weighted by atomic mass is 10.2. The Morgan fingerprint density at radius 3 is 2.60 bits per heavy atom. The van der Waals surface area contributed by atoms with E-state index in [0.29, 0.717) is 11.4 Å². The molecule has 0 spiro atoms. The molecule has 0 radical (unpaired) electrons. The van der Waals surface area contributed by atoms with E-state index in [2.05, 4.69) is 20.4 Å². The molecule has 178 valence electrons. The molecule has 3 aromatic heterocycles. The number of carbonyl (C=O) groups is 3. The number of rotatable bonds is 8. The van der Waals surface area contributed by atoms with Gasteiger partial charge in [-0.15, -0.1) is 0 Å². The number of thiazole rings is 1. The summed E-state index contributed by atoms with van der Waals surface area (Å²) in [6.45, 7) is 1.54. The first-order valence-electron chi connectivity index (χ1n) is 10.1. The van der Waals surface area contributed by atoms with Gasteiger partial charge in [0.2, 0.25) is 17.5 Å². The zero-order valence-corrected chi connectivity index (χ0v) is 19.0. The monoisotopic (exact) mass is 495 g/mol. The minimum atomic E-state index is -0.887. The fourth-order valence-corrected chi connectivity index (χ4v) is 4.08. The standard InChI is InChI=1S/C22H18FN7O4S/c1-11(20(25)32)30(14-6-4-12(23)5-7-14)22-28-19(24)18(35-22)17(31)16-9-15(29-34-16)21(33)27-13-3-2-8-26-10-13/h2-11H,24H2,1H3,(H2,25,32)(H,27,33). The van der Waals surface area contributed by atoms with E-state index in [1.54, 1.807) is 18.3 Å². The Balaban J connectivity index is 1.61. The Morgan fingerprint density at radius 1 is 1.20 bits per heavy atom. The van der Waals surface area contributed by atoms with Gasteiger partial charge in [-0.1, -0.05) is 16.5 Å². The van der Waals surface area contributed by atoms with Crippen molar-refractivity contribution in [1.29, 1.82) is 0 Å². The Labute approximate surface area is 201 Å². The van der Waals surface area contributed by atoms with Crippen LogP contribution in [0.1, 0.15) is 32.8 Å². The molecule has 11 nitrogen and oxygen atoms in total. The van der Waals surface area contributed by atoms with Gasteiger partial charge in [0.1, 0.15) is 22.6 Å². The summed E-state index contributed by atoms with van der Waals surface area (Å²) in [5.74, 6) is -2.77. The highest BCUT2D eigenvalue weighted by Crippen LogP contribution is 2.36. The number of nitrogens with zero attached hydrogens (tertiary/aromatic N) is 4. The van der Waals surface area contributed by atoms with Crippen molar-refractivity contribution < 1.29 is 23.3 Å². The number of carbonyl (C=O) groups excluding carboxylic acids is 3. The number of hydrogen-bond acceptors (Lipinski definition) is 10. The molecule has 3 heterocycles. The molecule has 35 heavy (non-hydrogen) atoms. The van der Waals surface area contributed by atoms with Crippen LogP contribution in [0.25, 0.3) is 0 Å². The molecule has 1 atom stereocenters. The molecule has 1 aromatic carbocycles. The van der Waals surface area contributed by atoms with Crippen molar-refractivity contribution in [3.05, 3.63) is 77.0 Å². The van der Waals surface area contributed by atoms with Crippen LogP contribution in [0.2, 0.25) is 0 Å². The summed E-state index contributed by atoms with van der Waals surface area (Å²) in [5.41, 5.74) is 12.2. The van der Waals surface area contributed by atoms with Crippen molar-refractivity contribution in [2.75, 3.05) is 16.0 Å². The summed E-state index contributed by atoms with van der Waals surface area (Å²) >= 11 is 0.878. The molecule has 4 aromatic rings. The highest BCUT2D eigenvalue weighted by atomic mass is 32.1. The number of primary amides is 1. The minimum absolute atomic E-state index is 0.000787. The topological polar surface area (TPSA) is 170 Å². The van der Waals surface area contributed by atoms with Crippen molar-refractivity contribution in [1.82, 2.24) is 15.1 Å². The van der Waals surface area contributed by atoms with Gasteiger partial charge < -0.3 is 26.2 Å². The number of anilines is 4. The highest BCUT2D eigenvalue weighted by molar-refractivity contribution is 7.18. The highest BCUT2D eigenvalue weighted by Gasteiger charge is 2.29. The first kappa shape index (κ1) is 23.5. The van der Waals surface area contributed by atoms with Crippen molar-refractivity contribution >= 4 is 51.3 Å². The first-order chi connectivity index (χ1) is 16.7. The summed E-state index contributed by atoms with van der Waals surface area (Å²) < 4.78 is 18.5. The average Bonchev–Trinajstić information content (AvgIpc) is 3.48. The molecule has 0 aliphatic carbocycles. The summed E-state index contributed by atoms with van der Waals surface area (Å²) in [6.07, 6.45) is 3.00. The predicted molar refractivity (Wildman–Crippen MR) is 126 cm³/mol. The molecule has 5 N–H and O–H groups in total. The maximum absolute atomic E-state index is 13.4. The maximum Gasteiger partial charge on any atom is 0.277 e. The van der Waals surface area contributed by atoms with Crippen molar-refractivity contribution in [3.8, 4) is 0 Å². The van der Waals surface area contributed by atoms with Crippen LogP contribution in [0.4, 0.5) is 26.7 Å². The van der Waals surface area contributed by atoms with Gasteiger partial charge in [-0.3, -0.25) is 19.4 Å². The van der Waals surface area contributed by atoms with Crippen LogP contribution in [0.5, 0.6) is 0 Å². The predicted octanol–water partition coefficient (Wildman–Crippen LogP) is 2.74. The van der Waals surface area contributed by atoms with Crippen LogP contribution in [-0.2, 0) is 4.79 Å². The van der Waals surface area contributed by atoms with Gasteiger partial charge in [0.15, 0.2) is 10.8 Å². The third-order valence-electron chi connectivity index (χ3n) is 4.84. The second-order valence-electron chi connectivity index (χ2n) is 7.24. The zero-order chi connectivity index (χ0) is 25.1. The van der Waals surface area contributed by atoms with Crippen molar-refractivity contribution in [2.24, 2.45) is 5.73 Å². The molecular weight excluding hydrogens is 477 g/mol. The number of hydrogen-bond donors (Lipinski definition) is 3. The smallest absolute Gasteiger partial charge is 0.277 e. The van der Waals surface area contributed by atoms with Crippen molar-refractivity contribution in [2.45, 2.75) is 13.0 Å². The number of halogens is 1. The van der Waals surface area contributed by atoms with Crippen LogP contribution < -0.4 is 21.7 Å². The van der Waals surface area contributed by atoms with E-state index in [9.17, 15) is 18.8 Å². The van der Waals surface area contributed by atoms with Crippen LogP contribution in [0.15, 0.2) is 59.4 Å². The molecule has 0 fully saturated rings. The molecule has 13 heteroatoms. The molecule has 0 bridgehead atoms. The van der Waals surface area contributed by atoms with Crippen LogP contribution in [0.3, 0.4) is 0 Å². The number of aromatic nitrogens is 3. The van der Waals surface area contributed by atoms with Gasteiger partial charge in [-0.2, -0.15) is 0 Å². The Bertz CT molecular complexity index is 1390. The van der Waals surface area contributed by atoms with E-state index in [0.717, 1.165) is 11.3 Å². The summed E-state index contributed by atoms with van der Waals surface area (Å²) in [7, 11) is 0. The lowest BCUT2D eigenvalue weighted by molar-refractivity contribution is -0.118. The quantitative estimate of drug-likeness (QED) is 0.311. The largest absolute Gasteiger partial charge is 0.382 e. The third-order valence-corrected chi connectivity index (χ3v) is 5.91. The molecule has 0 saturated carbocycles. The van der Waals surface area contributed by atoms with E-state index >= 15 is 0 Å². The van der Waals surface area contributed by atoms with Crippen LogP contribution >= 0.6 is 11.3 Å². The van der Waals surface area contributed by atoms with Crippen LogP contribution in [0, 0.1) is 5.82 Å². The summed E-state index contributed by atoms with van der Waals surface area (Å²) in [4.78, 5) is 46.9. The van der Waals surface area contributed by atoms with Gasteiger partial charge in [0.05, 0.1) is 11.9 Å². The number of nitrogen functional groups attached to an aromatic ring is 1. The van der Waals surface area contributed by atoms with Gasteiger partial charge in [0, 0.05) is 18.0 Å². The summed E-state index contributed by atoms with van der Waals surface area (Å²) in [6, 6.07) is 8.88. The first-order valence-corrected chi connectivity index (χ1v) is 10.9. The van der Waals surface area contributed by atoms with E-state index in [-0.39, 0.29) is 27.3 Å². The van der Waals surface area contributed by atoms with E-state index in [4.69, 9.17) is 16.0 Å². The lowest BCUT2D eigenvalue weighted by Gasteiger charge is -2.26. The normalized spacial score (nSPS) is 11.6. The van der Waals surface area contributed by atoms with E-state index < -0.39 is 29.5 Å².